The van der Waals surface area contributed by atoms with Gasteiger partial charge in [-0.25, -0.2) is 0 Å². The van der Waals surface area contributed by atoms with Gasteiger partial charge in [0.15, 0.2) is 11.0 Å². The molecule has 2 aromatic carbocycles. The number of hydrogen-bond donors (Lipinski definition) is 1. The molecule has 138 valence electrons. The van der Waals surface area contributed by atoms with Crippen molar-refractivity contribution < 1.29 is 4.79 Å². The summed E-state index contributed by atoms with van der Waals surface area (Å²) >= 11 is 1.42. The van der Waals surface area contributed by atoms with Crippen LogP contribution in [0.5, 0.6) is 0 Å². The molecule has 0 atom stereocenters. The molecule has 0 unspecified atom stereocenters. The van der Waals surface area contributed by atoms with Gasteiger partial charge in [0.1, 0.15) is 0 Å². The number of aryl methyl sites for hydroxylation is 2. The highest BCUT2D eigenvalue weighted by atomic mass is 32.2. The maximum Gasteiger partial charge on any atom is 0.234 e. The minimum atomic E-state index is -0.0454. The highest BCUT2D eigenvalue weighted by Crippen LogP contribution is 2.29. The maximum atomic E-state index is 12.2. The summed E-state index contributed by atoms with van der Waals surface area (Å²) in [6, 6.07) is 16.1. The SMILES string of the molecule is CCn1c(SCC(=O)Nc2ccccc2)nnc1-c1ccc2c(c1)CCC2. The van der Waals surface area contributed by atoms with E-state index >= 15 is 0 Å². The van der Waals surface area contributed by atoms with Gasteiger partial charge in [-0.3, -0.25) is 4.79 Å². The molecule has 0 aliphatic heterocycles. The van der Waals surface area contributed by atoms with E-state index in [9.17, 15) is 4.79 Å². The summed E-state index contributed by atoms with van der Waals surface area (Å²) in [7, 11) is 0. The molecule has 6 heteroatoms. The topological polar surface area (TPSA) is 59.8 Å². The third-order valence-corrected chi connectivity index (χ3v) is 5.75. The van der Waals surface area contributed by atoms with E-state index in [1.165, 1.54) is 35.7 Å². The fourth-order valence-electron chi connectivity index (χ4n) is 3.45. The van der Waals surface area contributed by atoms with Crippen molar-refractivity contribution >= 4 is 23.4 Å². The zero-order chi connectivity index (χ0) is 18.6. The van der Waals surface area contributed by atoms with E-state index in [0.717, 1.165) is 35.2 Å². The van der Waals surface area contributed by atoms with E-state index < -0.39 is 0 Å². The predicted molar refractivity (Wildman–Crippen MR) is 109 cm³/mol. The average molecular weight is 379 g/mol. The van der Waals surface area contributed by atoms with Crippen molar-refractivity contribution in [1.82, 2.24) is 14.8 Å². The van der Waals surface area contributed by atoms with Crippen LogP contribution in [-0.2, 0) is 24.2 Å². The smallest absolute Gasteiger partial charge is 0.234 e. The monoisotopic (exact) mass is 378 g/mol. The van der Waals surface area contributed by atoms with Gasteiger partial charge in [-0.1, -0.05) is 42.1 Å². The third kappa shape index (κ3) is 3.90. The largest absolute Gasteiger partial charge is 0.325 e. The second kappa shape index (κ2) is 7.96. The van der Waals surface area contributed by atoms with Gasteiger partial charge in [0.05, 0.1) is 5.75 Å². The van der Waals surface area contributed by atoms with Crippen LogP contribution in [0, 0.1) is 0 Å². The molecule has 0 bridgehead atoms. The van der Waals surface area contributed by atoms with Crippen molar-refractivity contribution in [2.75, 3.05) is 11.1 Å². The lowest BCUT2D eigenvalue weighted by molar-refractivity contribution is -0.113. The molecule has 0 spiro atoms. The standard InChI is InChI=1S/C21H22N4OS/c1-2-25-20(17-12-11-15-7-6-8-16(15)13-17)23-24-21(25)27-14-19(26)22-18-9-4-3-5-10-18/h3-5,9-13H,2,6-8,14H2,1H3,(H,22,26). The van der Waals surface area contributed by atoms with E-state index in [4.69, 9.17) is 0 Å². The van der Waals surface area contributed by atoms with Gasteiger partial charge in [0.25, 0.3) is 0 Å². The number of nitrogens with one attached hydrogen (secondary N) is 1. The summed E-state index contributed by atoms with van der Waals surface area (Å²) in [6.45, 7) is 2.84. The molecule has 1 N–H and O–H groups in total. The molecule has 1 aliphatic rings. The summed E-state index contributed by atoms with van der Waals surface area (Å²) in [5, 5.41) is 12.4. The Morgan fingerprint density at radius 2 is 1.93 bits per heavy atom. The van der Waals surface area contributed by atoms with Crippen LogP contribution >= 0.6 is 11.8 Å². The molecular weight excluding hydrogens is 356 g/mol. The first kappa shape index (κ1) is 17.8. The first-order chi connectivity index (χ1) is 13.2. The number of anilines is 1. The Balaban J connectivity index is 1.47. The minimum absolute atomic E-state index is 0.0454. The van der Waals surface area contributed by atoms with Gasteiger partial charge in [-0.2, -0.15) is 0 Å². The molecule has 1 aliphatic carbocycles. The Hall–Kier alpha value is -2.60. The van der Waals surface area contributed by atoms with Crippen LogP contribution < -0.4 is 5.32 Å². The molecule has 1 amide bonds. The molecule has 5 nitrogen and oxygen atoms in total. The number of thioether (sulfide) groups is 1. The zero-order valence-electron chi connectivity index (χ0n) is 15.3. The van der Waals surface area contributed by atoms with Crippen molar-refractivity contribution in [3.05, 3.63) is 59.7 Å². The Labute approximate surface area is 163 Å². The van der Waals surface area contributed by atoms with Crippen LogP contribution in [0.2, 0.25) is 0 Å². The molecule has 0 fully saturated rings. The number of benzene rings is 2. The van der Waals surface area contributed by atoms with Crippen LogP contribution in [0.1, 0.15) is 24.5 Å². The summed E-state index contributed by atoms with van der Waals surface area (Å²) < 4.78 is 2.08. The number of fused-ring (bicyclic) bond motifs is 1. The van der Waals surface area contributed by atoms with E-state index in [-0.39, 0.29) is 5.91 Å². The summed E-state index contributed by atoms with van der Waals surface area (Å²) in [4.78, 5) is 12.2. The van der Waals surface area contributed by atoms with Crippen molar-refractivity contribution in [1.29, 1.82) is 0 Å². The predicted octanol–water partition coefficient (Wildman–Crippen LogP) is 4.18. The summed E-state index contributed by atoms with van der Waals surface area (Å²) in [6.07, 6.45) is 3.55. The Morgan fingerprint density at radius 3 is 2.74 bits per heavy atom. The molecule has 3 aromatic rings. The minimum Gasteiger partial charge on any atom is -0.325 e. The maximum absolute atomic E-state index is 12.2. The van der Waals surface area contributed by atoms with Gasteiger partial charge >= 0.3 is 0 Å². The first-order valence-electron chi connectivity index (χ1n) is 9.27. The van der Waals surface area contributed by atoms with Crippen LogP contribution in [-0.4, -0.2) is 26.4 Å². The van der Waals surface area contributed by atoms with Gasteiger partial charge in [-0.05, 0) is 55.5 Å². The van der Waals surface area contributed by atoms with Crippen molar-refractivity contribution in [3.8, 4) is 11.4 Å². The lowest BCUT2D eigenvalue weighted by atomic mass is 10.1. The summed E-state index contributed by atoms with van der Waals surface area (Å²) in [5.74, 6) is 1.13. The molecule has 0 radical (unpaired) electrons. The molecule has 1 aromatic heterocycles. The molecule has 1 heterocycles. The van der Waals surface area contributed by atoms with Gasteiger partial charge in [-0.15, -0.1) is 10.2 Å². The van der Waals surface area contributed by atoms with Crippen LogP contribution in [0.4, 0.5) is 5.69 Å². The zero-order valence-corrected chi connectivity index (χ0v) is 16.1. The van der Waals surface area contributed by atoms with E-state index in [1.54, 1.807) is 0 Å². The fraction of sp³-hybridized carbons (Fsp3) is 0.286. The van der Waals surface area contributed by atoms with Gasteiger partial charge < -0.3 is 9.88 Å². The van der Waals surface area contributed by atoms with E-state index in [1.807, 2.05) is 30.3 Å². The number of amides is 1. The molecule has 4 rings (SSSR count). The van der Waals surface area contributed by atoms with Crippen molar-refractivity contribution in [2.45, 2.75) is 37.9 Å². The number of carbonyl (C=O) groups excluding carboxylic acids is 1. The summed E-state index contributed by atoms with van der Waals surface area (Å²) in [5.41, 5.74) is 4.78. The fourth-order valence-corrected chi connectivity index (χ4v) is 4.26. The first-order valence-corrected chi connectivity index (χ1v) is 10.3. The lowest BCUT2D eigenvalue weighted by Crippen LogP contribution is -2.14. The normalized spacial score (nSPS) is 12.8. The van der Waals surface area contributed by atoms with Gasteiger partial charge in [0.2, 0.25) is 5.91 Å². The molecule has 0 saturated heterocycles. The Kier molecular flexibility index (Phi) is 5.25. The van der Waals surface area contributed by atoms with E-state index in [0.29, 0.717) is 5.75 Å². The second-order valence-corrected chi connectivity index (χ2v) is 7.53. The van der Waals surface area contributed by atoms with E-state index in [2.05, 4.69) is 45.2 Å². The number of hydrogen-bond acceptors (Lipinski definition) is 4. The van der Waals surface area contributed by atoms with Crippen molar-refractivity contribution in [3.63, 3.8) is 0 Å². The molecule has 27 heavy (non-hydrogen) atoms. The van der Waals surface area contributed by atoms with Crippen LogP contribution in [0.3, 0.4) is 0 Å². The third-order valence-electron chi connectivity index (χ3n) is 4.78. The quantitative estimate of drug-likeness (QED) is 0.654. The van der Waals surface area contributed by atoms with Crippen LogP contribution in [0.15, 0.2) is 53.7 Å². The molecule has 0 saturated carbocycles. The number of para-hydroxylation sites is 1. The molecular formula is C21H22N4OS. The second-order valence-electron chi connectivity index (χ2n) is 6.59. The number of aromatic nitrogens is 3. The lowest BCUT2D eigenvalue weighted by Gasteiger charge is -2.09. The van der Waals surface area contributed by atoms with Crippen molar-refractivity contribution in [2.24, 2.45) is 0 Å². The average Bonchev–Trinajstić information content (AvgIpc) is 3.32. The van der Waals surface area contributed by atoms with Gasteiger partial charge in [0, 0.05) is 17.8 Å². The Bertz CT molecular complexity index is 952. The number of rotatable bonds is 6. The highest BCUT2D eigenvalue weighted by Gasteiger charge is 2.17. The highest BCUT2D eigenvalue weighted by molar-refractivity contribution is 7.99. The number of nitrogens with zero attached hydrogens (tertiary/aromatic N) is 3. The number of carbonyl (C=O) groups is 1. The Morgan fingerprint density at radius 1 is 1.11 bits per heavy atom. The van der Waals surface area contributed by atoms with Crippen LogP contribution in [0.25, 0.3) is 11.4 Å².